The Balaban J connectivity index is 3.21. The fraction of sp³-hybridized carbons (Fsp3) is 0.857. The summed E-state index contributed by atoms with van der Waals surface area (Å²) in [6, 6.07) is 0. The zero-order chi connectivity index (χ0) is 7.82. The summed E-state index contributed by atoms with van der Waals surface area (Å²) in [5, 5.41) is 2.12. The molecule has 1 radical (unpaired) electrons. The van der Waals surface area contributed by atoms with Gasteiger partial charge >= 0.3 is 0 Å². The first-order valence-electron chi connectivity index (χ1n) is 3.82. The van der Waals surface area contributed by atoms with Gasteiger partial charge in [0.05, 0.1) is 0 Å². The van der Waals surface area contributed by atoms with Crippen molar-refractivity contribution in [2.75, 3.05) is 26.2 Å². The van der Waals surface area contributed by atoms with E-state index in [-0.39, 0.29) is 0 Å². The van der Waals surface area contributed by atoms with E-state index in [1.54, 1.807) is 0 Å². The van der Waals surface area contributed by atoms with Gasteiger partial charge in [-0.3, -0.25) is 5.43 Å². The van der Waals surface area contributed by atoms with E-state index in [4.69, 9.17) is 5.73 Å². The molecule has 0 aliphatic rings. The lowest BCUT2D eigenvalue weighted by molar-refractivity contribution is 0.204. The molecule has 0 heterocycles. The molecule has 0 saturated heterocycles. The van der Waals surface area contributed by atoms with Crippen molar-refractivity contribution in [2.24, 2.45) is 5.73 Å². The second-order valence-corrected chi connectivity index (χ2v) is 2.13. The standard InChI is InChI=1S/C7H18N3/c1-3-7-10(4-2)9-6-5-8/h9H,1,3-8H2,2H3. The highest BCUT2D eigenvalue weighted by Crippen LogP contribution is 1.83. The molecule has 0 amide bonds. The second kappa shape index (κ2) is 6.99. The minimum absolute atomic E-state index is 0.688. The summed E-state index contributed by atoms with van der Waals surface area (Å²) < 4.78 is 0. The van der Waals surface area contributed by atoms with Gasteiger partial charge in [-0.05, 0) is 6.42 Å². The zero-order valence-corrected chi connectivity index (χ0v) is 6.77. The molecule has 0 rings (SSSR count). The molecule has 0 aliphatic carbocycles. The third-order valence-corrected chi connectivity index (χ3v) is 1.29. The summed E-state index contributed by atoms with van der Waals surface area (Å²) in [6.07, 6.45) is 0.936. The quantitative estimate of drug-likeness (QED) is 0.515. The first-order chi connectivity index (χ1) is 4.85. The highest BCUT2D eigenvalue weighted by Gasteiger charge is 1.95. The lowest BCUT2D eigenvalue weighted by Gasteiger charge is -2.19. The van der Waals surface area contributed by atoms with Gasteiger partial charge < -0.3 is 5.73 Å². The van der Waals surface area contributed by atoms with Crippen LogP contribution in [0.25, 0.3) is 0 Å². The van der Waals surface area contributed by atoms with Crippen molar-refractivity contribution >= 4 is 0 Å². The van der Waals surface area contributed by atoms with Gasteiger partial charge in [-0.25, -0.2) is 5.01 Å². The SMILES string of the molecule is [CH2]CCN(CC)NCCN. The molecule has 3 N–H and O–H groups in total. The zero-order valence-electron chi connectivity index (χ0n) is 6.77. The Hall–Kier alpha value is -0.120. The van der Waals surface area contributed by atoms with E-state index in [0.29, 0.717) is 6.54 Å². The van der Waals surface area contributed by atoms with Crippen molar-refractivity contribution in [1.29, 1.82) is 0 Å². The minimum atomic E-state index is 0.688. The summed E-state index contributed by atoms with van der Waals surface area (Å²) in [6.45, 7) is 9.43. The molecule has 0 bridgehead atoms. The van der Waals surface area contributed by atoms with Gasteiger partial charge in [0.25, 0.3) is 0 Å². The maximum absolute atomic E-state index is 5.32. The number of hydrazine groups is 1. The normalized spacial score (nSPS) is 10.8. The summed E-state index contributed by atoms with van der Waals surface area (Å²) in [5.74, 6) is 0. The Morgan fingerprint density at radius 3 is 2.70 bits per heavy atom. The number of hydrogen-bond donors (Lipinski definition) is 2. The third-order valence-electron chi connectivity index (χ3n) is 1.29. The predicted octanol–water partition coefficient (Wildman–Crippen LogP) is -0.00421. The second-order valence-electron chi connectivity index (χ2n) is 2.13. The summed E-state index contributed by atoms with van der Waals surface area (Å²) in [7, 11) is 0. The average Bonchev–Trinajstić information content (AvgIpc) is 1.98. The largest absolute Gasteiger partial charge is 0.329 e. The Kier molecular flexibility index (Phi) is 6.91. The van der Waals surface area contributed by atoms with E-state index >= 15 is 0 Å². The molecule has 0 unspecified atom stereocenters. The van der Waals surface area contributed by atoms with Gasteiger partial charge in [0.1, 0.15) is 0 Å². The number of nitrogens with zero attached hydrogens (tertiary/aromatic N) is 1. The fourth-order valence-corrected chi connectivity index (χ4v) is 0.762. The van der Waals surface area contributed by atoms with Crippen LogP contribution in [0.15, 0.2) is 0 Å². The van der Waals surface area contributed by atoms with Crippen molar-refractivity contribution in [1.82, 2.24) is 10.4 Å². The lowest BCUT2D eigenvalue weighted by Crippen LogP contribution is -2.41. The van der Waals surface area contributed by atoms with Gasteiger partial charge in [0.15, 0.2) is 0 Å². The van der Waals surface area contributed by atoms with Gasteiger partial charge in [-0.15, -0.1) is 0 Å². The van der Waals surface area contributed by atoms with Crippen LogP contribution in [0, 0.1) is 6.92 Å². The van der Waals surface area contributed by atoms with Crippen LogP contribution in [0.2, 0.25) is 0 Å². The van der Waals surface area contributed by atoms with E-state index in [0.717, 1.165) is 26.1 Å². The number of hydrogen-bond acceptors (Lipinski definition) is 3. The van der Waals surface area contributed by atoms with Crippen LogP contribution in [0.3, 0.4) is 0 Å². The maximum Gasteiger partial charge on any atom is 0.0225 e. The number of rotatable bonds is 6. The topological polar surface area (TPSA) is 41.3 Å². The highest BCUT2D eigenvalue weighted by atomic mass is 15.5. The van der Waals surface area contributed by atoms with Crippen LogP contribution in [-0.2, 0) is 0 Å². The van der Waals surface area contributed by atoms with Gasteiger partial charge in [-0.1, -0.05) is 13.8 Å². The Morgan fingerprint density at radius 1 is 1.60 bits per heavy atom. The monoisotopic (exact) mass is 144 g/mol. The molecule has 3 heteroatoms. The third kappa shape index (κ3) is 4.73. The first kappa shape index (κ1) is 9.88. The summed E-state index contributed by atoms with van der Waals surface area (Å²) in [5.41, 5.74) is 8.51. The van der Waals surface area contributed by atoms with Crippen molar-refractivity contribution in [3.8, 4) is 0 Å². The Labute approximate surface area is 63.5 Å². The van der Waals surface area contributed by atoms with Gasteiger partial charge in [0.2, 0.25) is 0 Å². The van der Waals surface area contributed by atoms with E-state index < -0.39 is 0 Å². The number of nitrogens with one attached hydrogen (secondary N) is 1. The minimum Gasteiger partial charge on any atom is -0.329 e. The molecule has 0 fully saturated rings. The molecule has 3 nitrogen and oxygen atoms in total. The lowest BCUT2D eigenvalue weighted by atomic mass is 10.4. The molecular formula is C7H18N3. The molecule has 0 aromatic carbocycles. The van der Waals surface area contributed by atoms with E-state index in [2.05, 4.69) is 24.3 Å². The van der Waals surface area contributed by atoms with Crippen LogP contribution in [0.1, 0.15) is 13.3 Å². The van der Waals surface area contributed by atoms with E-state index in [9.17, 15) is 0 Å². The van der Waals surface area contributed by atoms with Crippen LogP contribution >= 0.6 is 0 Å². The Bertz CT molecular complexity index is 65.9. The van der Waals surface area contributed by atoms with E-state index in [1.165, 1.54) is 0 Å². The molecule has 10 heavy (non-hydrogen) atoms. The Morgan fingerprint density at radius 2 is 2.30 bits per heavy atom. The maximum atomic E-state index is 5.32. The average molecular weight is 144 g/mol. The molecular weight excluding hydrogens is 126 g/mol. The van der Waals surface area contributed by atoms with E-state index in [1.807, 2.05) is 0 Å². The predicted molar refractivity (Wildman–Crippen MR) is 44.3 cm³/mol. The van der Waals surface area contributed by atoms with Crippen molar-refractivity contribution in [3.05, 3.63) is 6.92 Å². The molecule has 0 spiro atoms. The molecule has 0 atom stereocenters. The van der Waals surface area contributed by atoms with Crippen LogP contribution in [0.5, 0.6) is 0 Å². The van der Waals surface area contributed by atoms with Crippen molar-refractivity contribution < 1.29 is 0 Å². The highest BCUT2D eigenvalue weighted by molar-refractivity contribution is 4.51. The molecule has 0 aromatic heterocycles. The first-order valence-corrected chi connectivity index (χ1v) is 3.82. The summed E-state index contributed by atoms with van der Waals surface area (Å²) in [4.78, 5) is 0. The van der Waals surface area contributed by atoms with Crippen LogP contribution in [0.4, 0.5) is 0 Å². The van der Waals surface area contributed by atoms with Crippen molar-refractivity contribution in [2.45, 2.75) is 13.3 Å². The molecule has 61 valence electrons. The molecule has 0 saturated carbocycles. The van der Waals surface area contributed by atoms with Crippen LogP contribution < -0.4 is 11.2 Å². The number of nitrogens with two attached hydrogens (primary N) is 1. The summed E-state index contributed by atoms with van der Waals surface area (Å²) >= 11 is 0. The van der Waals surface area contributed by atoms with Gasteiger partial charge in [0, 0.05) is 26.2 Å². The fourth-order valence-electron chi connectivity index (χ4n) is 0.762. The molecule has 0 aliphatic heterocycles. The molecule has 0 aromatic rings. The smallest absolute Gasteiger partial charge is 0.0225 e. The van der Waals surface area contributed by atoms with Crippen LogP contribution in [-0.4, -0.2) is 31.2 Å². The van der Waals surface area contributed by atoms with Gasteiger partial charge in [-0.2, -0.15) is 0 Å². The van der Waals surface area contributed by atoms with Crippen molar-refractivity contribution in [3.63, 3.8) is 0 Å².